The number of para-hydroxylation sites is 1. The summed E-state index contributed by atoms with van der Waals surface area (Å²) in [6.45, 7) is 3.40. The van der Waals surface area contributed by atoms with E-state index in [0.29, 0.717) is 11.3 Å². The van der Waals surface area contributed by atoms with E-state index in [4.69, 9.17) is 0 Å². The van der Waals surface area contributed by atoms with Crippen LogP contribution in [0.5, 0.6) is 0 Å². The predicted molar refractivity (Wildman–Crippen MR) is 88.9 cm³/mol. The van der Waals surface area contributed by atoms with E-state index in [-0.39, 0.29) is 5.56 Å². The smallest absolute Gasteiger partial charge is 0.260 e. The molecule has 2 aromatic heterocycles. The van der Waals surface area contributed by atoms with Crippen molar-refractivity contribution in [3.05, 3.63) is 46.2 Å². The standard InChI is InChI=1S/C15H15N5OS/c21-13-11-3-1-2-4-12(11)17-14(18-13)19-6-8-20(9-7-19)15-16-5-10-22-15/h1-5,10H,6-9H2,(H,17,18,21). The van der Waals surface area contributed by atoms with Gasteiger partial charge in [0.2, 0.25) is 5.95 Å². The molecular formula is C15H15N5OS. The van der Waals surface area contributed by atoms with E-state index in [1.807, 2.05) is 29.8 Å². The molecule has 112 valence electrons. The minimum absolute atomic E-state index is 0.0806. The van der Waals surface area contributed by atoms with E-state index >= 15 is 0 Å². The quantitative estimate of drug-likeness (QED) is 0.780. The zero-order valence-electron chi connectivity index (χ0n) is 11.9. The van der Waals surface area contributed by atoms with Crippen LogP contribution >= 0.6 is 11.3 Å². The van der Waals surface area contributed by atoms with E-state index in [1.165, 1.54) is 0 Å². The first kappa shape index (κ1) is 13.3. The molecule has 1 saturated heterocycles. The fourth-order valence-electron chi connectivity index (χ4n) is 2.71. The number of hydrogen-bond acceptors (Lipinski definition) is 6. The van der Waals surface area contributed by atoms with E-state index in [1.54, 1.807) is 17.4 Å². The highest BCUT2D eigenvalue weighted by molar-refractivity contribution is 7.13. The van der Waals surface area contributed by atoms with Gasteiger partial charge in [-0.2, -0.15) is 0 Å². The topological polar surface area (TPSA) is 65.1 Å². The van der Waals surface area contributed by atoms with Gasteiger partial charge in [-0.15, -0.1) is 11.3 Å². The Bertz CT molecular complexity index is 837. The number of piperazine rings is 1. The van der Waals surface area contributed by atoms with Gasteiger partial charge >= 0.3 is 0 Å². The van der Waals surface area contributed by atoms with Crippen molar-refractivity contribution in [3.63, 3.8) is 0 Å². The summed E-state index contributed by atoms with van der Waals surface area (Å²) in [4.78, 5) is 28.4. The Morgan fingerprint density at radius 2 is 1.86 bits per heavy atom. The van der Waals surface area contributed by atoms with Gasteiger partial charge in [-0.05, 0) is 12.1 Å². The number of thiazole rings is 1. The lowest BCUT2D eigenvalue weighted by molar-refractivity contribution is 0.639. The maximum atomic E-state index is 12.2. The van der Waals surface area contributed by atoms with Crippen molar-refractivity contribution in [2.45, 2.75) is 0 Å². The molecule has 0 spiro atoms. The van der Waals surface area contributed by atoms with Crippen LogP contribution in [-0.4, -0.2) is 41.1 Å². The van der Waals surface area contributed by atoms with E-state index in [0.717, 1.165) is 36.8 Å². The zero-order chi connectivity index (χ0) is 14.9. The molecule has 1 aliphatic rings. The Kier molecular flexibility index (Phi) is 3.27. The second kappa shape index (κ2) is 5.42. The van der Waals surface area contributed by atoms with Crippen molar-refractivity contribution in [3.8, 4) is 0 Å². The first-order valence-corrected chi connectivity index (χ1v) is 8.08. The fourth-order valence-corrected chi connectivity index (χ4v) is 3.40. The molecule has 0 unspecified atom stereocenters. The lowest BCUT2D eigenvalue weighted by atomic mass is 10.2. The molecule has 1 fully saturated rings. The van der Waals surface area contributed by atoms with Crippen LogP contribution in [0.2, 0.25) is 0 Å². The third-order valence-corrected chi connectivity index (χ3v) is 4.70. The summed E-state index contributed by atoms with van der Waals surface area (Å²) in [5, 5.41) is 3.68. The van der Waals surface area contributed by atoms with Crippen LogP contribution in [0, 0.1) is 0 Å². The van der Waals surface area contributed by atoms with Gasteiger partial charge < -0.3 is 9.80 Å². The molecule has 4 rings (SSSR count). The Morgan fingerprint density at radius 1 is 1.09 bits per heavy atom. The van der Waals surface area contributed by atoms with Crippen molar-refractivity contribution >= 4 is 33.3 Å². The van der Waals surface area contributed by atoms with Crippen molar-refractivity contribution in [1.82, 2.24) is 15.0 Å². The largest absolute Gasteiger partial charge is 0.345 e. The molecule has 1 aliphatic heterocycles. The SMILES string of the molecule is O=c1[nH]c(N2CCN(c3nccs3)CC2)nc2ccccc12. The maximum absolute atomic E-state index is 12.2. The summed E-state index contributed by atoms with van der Waals surface area (Å²) in [5.74, 6) is 0.655. The van der Waals surface area contributed by atoms with Crippen molar-refractivity contribution in [1.29, 1.82) is 0 Å². The normalized spacial score (nSPS) is 15.5. The summed E-state index contributed by atoms with van der Waals surface area (Å²) >= 11 is 1.65. The minimum Gasteiger partial charge on any atom is -0.345 e. The van der Waals surface area contributed by atoms with Gasteiger partial charge in [0.1, 0.15) is 0 Å². The van der Waals surface area contributed by atoms with Crippen molar-refractivity contribution < 1.29 is 0 Å². The van der Waals surface area contributed by atoms with Crippen molar-refractivity contribution in [2.75, 3.05) is 36.0 Å². The van der Waals surface area contributed by atoms with Crippen LogP contribution in [0.25, 0.3) is 10.9 Å². The van der Waals surface area contributed by atoms with Gasteiger partial charge in [0, 0.05) is 37.8 Å². The van der Waals surface area contributed by atoms with E-state index < -0.39 is 0 Å². The molecule has 22 heavy (non-hydrogen) atoms. The highest BCUT2D eigenvalue weighted by atomic mass is 32.1. The Morgan fingerprint density at radius 3 is 2.64 bits per heavy atom. The molecule has 3 heterocycles. The summed E-state index contributed by atoms with van der Waals surface area (Å²) in [5.41, 5.74) is 0.659. The van der Waals surface area contributed by atoms with Gasteiger partial charge in [-0.3, -0.25) is 9.78 Å². The molecule has 7 heteroatoms. The van der Waals surface area contributed by atoms with E-state index in [2.05, 4.69) is 24.8 Å². The predicted octanol–water partition coefficient (Wildman–Crippen LogP) is 1.71. The molecule has 3 aromatic rings. The molecule has 1 N–H and O–H groups in total. The number of aromatic amines is 1. The summed E-state index contributed by atoms with van der Waals surface area (Å²) in [7, 11) is 0. The van der Waals surface area contributed by atoms with Crippen LogP contribution in [0.4, 0.5) is 11.1 Å². The van der Waals surface area contributed by atoms with Crippen LogP contribution in [0.15, 0.2) is 40.6 Å². The number of rotatable bonds is 2. The third-order valence-electron chi connectivity index (χ3n) is 3.87. The number of nitrogens with zero attached hydrogens (tertiary/aromatic N) is 4. The monoisotopic (exact) mass is 313 g/mol. The molecule has 0 radical (unpaired) electrons. The second-order valence-electron chi connectivity index (χ2n) is 5.20. The average Bonchev–Trinajstić information content (AvgIpc) is 3.09. The van der Waals surface area contributed by atoms with Crippen LogP contribution in [0.1, 0.15) is 0 Å². The summed E-state index contributed by atoms with van der Waals surface area (Å²) in [6, 6.07) is 7.43. The number of fused-ring (bicyclic) bond motifs is 1. The number of H-pyrrole nitrogens is 1. The second-order valence-corrected chi connectivity index (χ2v) is 6.07. The number of hydrogen-bond donors (Lipinski definition) is 1. The van der Waals surface area contributed by atoms with Gasteiger partial charge in [0.25, 0.3) is 5.56 Å². The molecular weight excluding hydrogens is 298 g/mol. The van der Waals surface area contributed by atoms with Crippen molar-refractivity contribution in [2.24, 2.45) is 0 Å². The minimum atomic E-state index is -0.0806. The summed E-state index contributed by atoms with van der Waals surface area (Å²) < 4.78 is 0. The maximum Gasteiger partial charge on any atom is 0.260 e. The van der Waals surface area contributed by atoms with Gasteiger partial charge in [-0.1, -0.05) is 12.1 Å². The van der Waals surface area contributed by atoms with Gasteiger partial charge in [0.15, 0.2) is 5.13 Å². The fraction of sp³-hybridized carbons (Fsp3) is 0.267. The van der Waals surface area contributed by atoms with Gasteiger partial charge in [-0.25, -0.2) is 9.97 Å². The Hall–Kier alpha value is -2.41. The molecule has 0 atom stereocenters. The number of aromatic nitrogens is 3. The molecule has 0 saturated carbocycles. The zero-order valence-corrected chi connectivity index (χ0v) is 12.7. The molecule has 6 nitrogen and oxygen atoms in total. The Labute approximate surface area is 131 Å². The number of nitrogens with one attached hydrogen (secondary N) is 1. The first-order valence-electron chi connectivity index (χ1n) is 7.20. The highest BCUT2D eigenvalue weighted by Gasteiger charge is 2.20. The number of anilines is 2. The van der Waals surface area contributed by atoms with E-state index in [9.17, 15) is 4.79 Å². The van der Waals surface area contributed by atoms with Crippen LogP contribution in [0.3, 0.4) is 0 Å². The summed E-state index contributed by atoms with van der Waals surface area (Å²) in [6.07, 6.45) is 1.83. The molecule has 0 aliphatic carbocycles. The lowest BCUT2D eigenvalue weighted by Gasteiger charge is -2.34. The first-order chi connectivity index (χ1) is 10.8. The third kappa shape index (κ3) is 2.33. The van der Waals surface area contributed by atoms with Crippen LogP contribution < -0.4 is 15.4 Å². The molecule has 0 amide bonds. The lowest BCUT2D eigenvalue weighted by Crippen LogP contribution is -2.47. The number of benzene rings is 1. The van der Waals surface area contributed by atoms with Gasteiger partial charge in [0.05, 0.1) is 10.9 Å². The molecule has 0 bridgehead atoms. The highest BCUT2D eigenvalue weighted by Crippen LogP contribution is 2.20. The average molecular weight is 313 g/mol. The van der Waals surface area contributed by atoms with Crippen LogP contribution in [-0.2, 0) is 0 Å². The Balaban J connectivity index is 1.57. The molecule has 1 aromatic carbocycles.